The van der Waals surface area contributed by atoms with Gasteiger partial charge in [-0.15, -0.1) is 0 Å². The minimum absolute atomic E-state index is 0.153. The number of aliphatic carboxylic acids is 1. The minimum Gasteiger partial charge on any atom is -0.480 e. The predicted octanol–water partition coefficient (Wildman–Crippen LogP) is -0.496. The van der Waals surface area contributed by atoms with E-state index in [1.54, 1.807) is 20.8 Å². The third-order valence-electron chi connectivity index (χ3n) is 2.32. The van der Waals surface area contributed by atoms with Crippen LogP contribution >= 0.6 is 0 Å². The number of nitrogens with zero attached hydrogens (tertiary/aromatic N) is 1. The Morgan fingerprint density at radius 2 is 2.00 bits per heavy atom. The van der Waals surface area contributed by atoms with Gasteiger partial charge in [-0.3, -0.25) is 14.6 Å². The highest BCUT2D eigenvalue weighted by atomic mass is 16.6. The highest BCUT2D eigenvalue weighted by Gasteiger charge is 2.47. The molecule has 1 heterocycles. The molecule has 1 aliphatic rings. The Balaban J connectivity index is 2.78. The van der Waals surface area contributed by atoms with E-state index in [-0.39, 0.29) is 6.42 Å². The molecule has 1 amide bonds. The molecule has 17 heavy (non-hydrogen) atoms. The average molecular weight is 244 g/mol. The van der Waals surface area contributed by atoms with Crippen molar-refractivity contribution in [1.82, 2.24) is 5.01 Å². The maximum Gasteiger partial charge on any atom is 0.328 e. The molecule has 1 rings (SSSR count). The molecule has 0 aromatic carbocycles. The Kier molecular flexibility index (Phi) is 3.42. The van der Waals surface area contributed by atoms with Crippen LogP contribution in [0.3, 0.4) is 0 Å². The molecule has 0 saturated carbocycles. The smallest absolute Gasteiger partial charge is 0.328 e. The SMILES string of the molecule is CC(C)(C)OC(=O)C1C[C@@H](C(=O)O)N(N)C1=O. The maximum atomic E-state index is 11.7. The largest absolute Gasteiger partial charge is 0.480 e. The lowest BCUT2D eigenvalue weighted by Gasteiger charge is -2.21. The number of carboxylic acid groups (broad SMARTS) is 1. The van der Waals surface area contributed by atoms with Crippen LogP contribution in [0.25, 0.3) is 0 Å². The second-order valence-corrected chi connectivity index (χ2v) is 4.92. The third-order valence-corrected chi connectivity index (χ3v) is 2.32. The number of hydrazine groups is 1. The first kappa shape index (κ1) is 13.4. The fourth-order valence-corrected chi connectivity index (χ4v) is 1.56. The zero-order valence-corrected chi connectivity index (χ0v) is 9.97. The lowest BCUT2D eigenvalue weighted by Crippen LogP contribution is -2.44. The van der Waals surface area contributed by atoms with Crippen molar-refractivity contribution in [3.05, 3.63) is 0 Å². The predicted molar refractivity (Wildman–Crippen MR) is 56.4 cm³/mol. The molecule has 2 atom stereocenters. The Morgan fingerprint density at radius 1 is 1.47 bits per heavy atom. The van der Waals surface area contributed by atoms with Crippen LogP contribution in [0.2, 0.25) is 0 Å². The van der Waals surface area contributed by atoms with Gasteiger partial charge in [0.15, 0.2) is 0 Å². The van der Waals surface area contributed by atoms with Crippen molar-refractivity contribution in [1.29, 1.82) is 0 Å². The van der Waals surface area contributed by atoms with Crippen LogP contribution in [0.15, 0.2) is 0 Å². The molecule has 96 valence electrons. The summed E-state index contributed by atoms with van der Waals surface area (Å²) in [5.74, 6) is 1.51. The Bertz CT molecular complexity index is 360. The van der Waals surface area contributed by atoms with E-state index in [1.165, 1.54) is 0 Å². The van der Waals surface area contributed by atoms with Crippen LogP contribution in [0.1, 0.15) is 27.2 Å². The van der Waals surface area contributed by atoms with Crippen LogP contribution in [0.4, 0.5) is 0 Å². The fraction of sp³-hybridized carbons (Fsp3) is 0.700. The van der Waals surface area contributed by atoms with Crippen molar-refractivity contribution < 1.29 is 24.2 Å². The van der Waals surface area contributed by atoms with E-state index >= 15 is 0 Å². The topological polar surface area (TPSA) is 110 Å². The standard InChI is InChI=1S/C10H16N2O5/c1-10(2,3)17-9(16)5-4-6(8(14)15)12(11)7(5)13/h5-6H,4,11H2,1-3H3,(H,14,15)/t5?,6-/m0/s1. The summed E-state index contributed by atoms with van der Waals surface area (Å²) in [7, 11) is 0. The van der Waals surface area contributed by atoms with E-state index in [9.17, 15) is 14.4 Å². The summed E-state index contributed by atoms with van der Waals surface area (Å²) in [6, 6.07) is -1.17. The zero-order valence-electron chi connectivity index (χ0n) is 9.97. The van der Waals surface area contributed by atoms with E-state index in [0.717, 1.165) is 0 Å². The Hall–Kier alpha value is -1.63. The highest BCUT2D eigenvalue weighted by Crippen LogP contribution is 2.25. The van der Waals surface area contributed by atoms with Crippen molar-refractivity contribution in [3.8, 4) is 0 Å². The zero-order chi connectivity index (χ0) is 13.4. The Labute approximate surface area is 98.5 Å². The summed E-state index contributed by atoms with van der Waals surface area (Å²) in [6.07, 6.45) is -0.153. The van der Waals surface area contributed by atoms with Crippen molar-refractivity contribution in [2.24, 2.45) is 11.8 Å². The summed E-state index contributed by atoms with van der Waals surface area (Å²) < 4.78 is 5.03. The number of carbonyl (C=O) groups excluding carboxylic acids is 2. The molecule has 0 bridgehead atoms. The summed E-state index contributed by atoms with van der Waals surface area (Å²) >= 11 is 0. The van der Waals surface area contributed by atoms with E-state index in [0.29, 0.717) is 5.01 Å². The number of nitrogens with two attached hydrogens (primary N) is 1. The molecule has 1 aliphatic heterocycles. The molecule has 0 aliphatic carbocycles. The number of carboxylic acids is 1. The molecular formula is C10H16N2O5. The van der Waals surface area contributed by atoms with E-state index < -0.39 is 35.4 Å². The van der Waals surface area contributed by atoms with Crippen molar-refractivity contribution in [3.63, 3.8) is 0 Å². The lowest BCUT2D eigenvalue weighted by atomic mass is 10.0. The van der Waals surface area contributed by atoms with Crippen molar-refractivity contribution in [2.45, 2.75) is 38.8 Å². The molecule has 7 heteroatoms. The van der Waals surface area contributed by atoms with Crippen LogP contribution in [-0.4, -0.2) is 39.6 Å². The molecule has 1 unspecified atom stereocenters. The van der Waals surface area contributed by atoms with Gasteiger partial charge in [-0.1, -0.05) is 0 Å². The van der Waals surface area contributed by atoms with E-state index in [2.05, 4.69) is 0 Å². The number of ether oxygens (including phenoxy) is 1. The van der Waals surface area contributed by atoms with Gasteiger partial charge in [0.1, 0.15) is 17.6 Å². The van der Waals surface area contributed by atoms with Gasteiger partial charge in [-0.05, 0) is 20.8 Å². The lowest BCUT2D eigenvalue weighted by molar-refractivity contribution is -0.162. The molecule has 0 spiro atoms. The number of hydrogen-bond donors (Lipinski definition) is 2. The number of esters is 1. The summed E-state index contributed by atoms with van der Waals surface area (Å²) in [4.78, 5) is 34.0. The molecule has 1 saturated heterocycles. The van der Waals surface area contributed by atoms with Gasteiger partial charge in [0.2, 0.25) is 0 Å². The van der Waals surface area contributed by atoms with Gasteiger partial charge in [-0.2, -0.15) is 0 Å². The van der Waals surface area contributed by atoms with Gasteiger partial charge in [-0.25, -0.2) is 10.6 Å². The van der Waals surface area contributed by atoms with E-state index in [1.807, 2.05) is 0 Å². The third kappa shape index (κ3) is 2.94. The van der Waals surface area contributed by atoms with E-state index in [4.69, 9.17) is 15.7 Å². The fourth-order valence-electron chi connectivity index (χ4n) is 1.56. The summed E-state index contributed by atoms with van der Waals surface area (Å²) in [5, 5.41) is 9.39. The van der Waals surface area contributed by atoms with Gasteiger partial charge in [0.25, 0.3) is 5.91 Å². The quantitative estimate of drug-likeness (QED) is 0.293. The van der Waals surface area contributed by atoms with Crippen molar-refractivity contribution in [2.75, 3.05) is 0 Å². The van der Waals surface area contributed by atoms with Crippen molar-refractivity contribution >= 4 is 17.8 Å². The first-order valence-corrected chi connectivity index (χ1v) is 5.17. The molecular weight excluding hydrogens is 228 g/mol. The van der Waals surface area contributed by atoms with Gasteiger partial charge in [0.05, 0.1) is 0 Å². The average Bonchev–Trinajstić information content (AvgIpc) is 2.41. The van der Waals surface area contributed by atoms with Crippen LogP contribution in [0, 0.1) is 5.92 Å². The number of carbonyl (C=O) groups is 3. The molecule has 0 radical (unpaired) electrons. The van der Waals surface area contributed by atoms with Crippen LogP contribution < -0.4 is 5.84 Å². The highest BCUT2D eigenvalue weighted by molar-refractivity contribution is 6.02. The maximum absolute atomic E-state index is 11.7. The van der Waals surface area contributed by atoms with Crippen LogP contribution in [-0.2, 0) is 19.1 Å². The number of amides is 1. The monoisotopic (exact) mass is 244 g/mol. The first-order valence-electron chi connectivity index (χ1n) is 5.17. The summed E-state index contributed by atoms with van der Waals surface area (Å²) in [5.41, 5.74) is -0.724. The molecule has 0 aromatic heterocycles. The van der Waals surface area contributed by atoms with Gasteiger partial charge >= 0.3 is 11.9 Å². The molecule has 1 fully saturated rings. The molecule has 0 aromatic rings. The molecule has 3 N–H and O–H groups in total. The normalized spacial score (nSPS) is 24.9. The number of hydrogen-bond acceptors (Lipinski definition) is 5. The van der Waals surface area contributed by atoms with Gasteiger partial charge < -0.3 is 9.84 Å². The molecule has 7 nitrogen and oxygen atoms in total. The second kappa shape index (κ2) is 4.33. The minimum atomic E-state index is -1.23. The summed E-state index contributed by atoms with van der Waals surface area (Å²) in [6.45, 7) is 5.00. The first-order chi connectivity index (χ1) is 7.63. The second-order valence-electron chi connectivity index (χ2n) is 4.92. The van der Waals surface area contributed by atoms with Crippen LogP contribution in [0.5, 0.6) is 0 Å². The number of rotatable bonds is 2. The Morgan fingerprint density at radius 3 is 2.35 bits per heavy atom. The van der Waals surface area contributed by atoms with Gasteiger partial charge in [0, 0.05) is 6.42 Å².